The summed E-state index contributed by atoms with van der Waals surface area (Å²) in [7, 11) is 0. The van der Waals surface area contributed by atoms with Gasteiger partial charge in [-0.2, -0.15) is 0 Å². The summed E-state index contributed by atoms with van der Waals surface area (Å²) in [4.78, 5) is 14.4. The van der Waals surface area contributed by atoms with E-state index in [0.717, 1.165) is 50.1 Å². The molecule has 2 aliphatic carbocycles. The van der Waals surface area contributed by atoms with Crippen molar-refractivity contribution >= 4 is 17.5 Å². The summed E-state index contributed by atoms with van der Waals surface area (Å²) in [6.45, 7) is 1.88. The Morgan fingerprint density at radius 2 is 1.89 bits per heavy atom. The molecule has 3 fully saturated rings. The van der Waals surface area contributed by atoms with E-state index in [-0.39, 0.29) is 0 Å². The lowest BCUT2D eigenvalue weighted by Crippen LogP contribution is -2.39. The van der Waals surface area contributed by atoms with Crippen LogP contribution in [-0.2, 0) is 4.79 Å². The lowest BCUT2D eigenvalue weighted by molar-refractivity contribution is -0.133. The van der Waals surface area contributed by atoms with Crippen LogP contribution in [0.2, 0.25) is 0 Å². The fourth-order valence-electron chi connectivity index (χ4n) is 4.32. The second-order valence-corrected chi connectivity index (χ2v) is 6.93. The van der Waals surface area contributed by atoms with Crippen LogP contribution in [0, 0.1) is 23.7 Å². The molecular formula is C15H24ClNO. The van der Waals surface area contributed by atoms with E-state index in [4.69, 9.17) is 11.6 Å². The normalized spacial score (nSPS) is 36.3. The van der Waals surface area contributed by atoms with E-state index in [1.54, 1.807) is 0 Å². The molecule has 1 heterocycles. The number of alkyl halides is 1. The summed E-state index contributed by atoms with van der Waals surface area (Å²) >= 11 is 5.88. The molecule has 2 nitrogen and oxygen atoms in total. The molecule has 1 amide bonds. The van der Waals surface area contributed by atoms with Crippen LogP contribution in [0.15, 0.2) is 0 Å². The van der Waals surface area contributed by atoms with E-state index in [1.807, 2.05) is 0 Å². The third-order valence-corrected chi connectivity index (χ3v) is 5.94. The summed E-state index contributed by atoms with van der Waals surface area (Å²) in [5.41, 5.74) is 0. The zero-order valence-corrected chi connectivity index (χ0v) is 11.9. The van der Waals surface area contributed by atoms with Gasteiger partial charge in [-0.3, -0.25) is 4.79 Å². The van der Waals surface area contributed by atoms with Crippen LogP contribution in [0.4, 0.5) is 0 Å². The van der Waals surface area contributed by atoms with E-state index >= 15 is 0 Å². The Labute approximate surface area is 115 Å². The molecule has 1 saturated heterocycles. The number of carbonyl (C=O) groups excluding carboxylic acids is 1. The maximum Gasteiger partial charge on any atom is 0.222 e. The molecule has 0 radical (unpaired) electrons. The second-order valence-electron chi connectivity index (χ2n) is 6.62. The summed E-state index contributed by atoms with van der Waals surface area (Å²) < 4.78 is 0. The highest BCUT2D eigenvalue weighted by molar-refractivity contribution is 6.18. The van der Waals surface area contributed by atoms with Crippen molar-refractivity contribution in [2.24, 2.45) is 23.7 Å². The number of rotatable bonds is 3. The van der Waals surface area contributed by atoms with E-state index in [9.17, 15) is 4.79 Å². The number of amides is 1. The van der Waals surface area contributed by atoms with Crippen molar-refractivity contribution in [3.05, 3.63) is 0 Å². The average molecular weight is 270 g/mol. The van der Waals surface area contributed by atoms with Crippen LogP contribution in [0.1, 0.15) is 44.9 Å². The fraction of sp³-hybridized carbons (Fsp3) is 0.933. The number of hydrogen-bond acceptors (Lipinski definition) is 1. The number of carbonyl (C=O) groups is 1. The van der Waals surface area contributed by atoms with Gasteiger partial charge in [0.1, 0.15) is 0 Å². The molecule has 18 heavy (non-hydrogen) atoms. The number of fused-ring (bicyclic) bond motifs is 2. The lowest BCUT2D eigenvalue weighted by Gasteiger charge is -2.32. The van der Waals surface area contributed by atoms with Gasteiger partial charge in [-0.25, -0.2) is 0 Å². The van der Waals surface area contributed by atoms with Crippen molar-refractivity contribution in [2.45, 2.75) is 44.9 Å². The Balaban J connectivity index is 1.47. The van der Waals surface area contributed by atoms with Gasteiger partial charge in [0.2, 0.25) is 5.91 Å². The molecule has 0 aromatic rings. The molecule has 3 aliphatic rings. The van der Waals surface area contributed by atoms with Crippen LogP contribution in [0.25, 0.3) is 0 Å². The van der Waals surface area contributed by atoms with Gasteiger partial charge in [0, 0.05) is 25.4 Å². The Morgan fingerprint density at radius 1 is 1.11 bits per heavy atom. The maximum atomic E-state index is 12.3. The Kier molecular flexibility index (Phi) is 3.83. The number of halogens is 1. The second kappa shape index (κ2) is 5.40. The quantitative estimate of drug-likeness (QED) is 0.720. The minimum atomic E-state index is 0.417. The first-order valence-corrected chi connectivity index (χ1v) is 8.13. The van der Waals surface area contributed by atoms with Crippen molar-refractivity contribution in [1.29, 1.82) is 0 Å². The first kappa shape index (κ1) is 12.8. The fourth-order valence-corrected chi connectivity index (χ4v) is 4.63. The van der Waals surface area contributed by atoms with Crippen LogP contribution in [-0.4, -0.2) is 29.8 Å². The maximum absolute atomic E-state index is 12.3. The minimum absolute atomic E-state index is 0.417. The van der Waals surface area contributed by atoms with Crippen molar-refractivity contribution in [3.63, 3.8) is 0 Å². The van der Waals surface area contributed by atoms with E-state index in [1.165, 1.54) is 25.7 Å². The highest BCUT2D eigenvalue weighted by atomic mass is 35.5. The van der Waals surface area contributed by atoms with Gasteiger partial charge in [-0.1, -0.05) is 6.42 Å². The predicted octanol–water partition coefficient (Wildman–Crippen LogP) is 3.29. The first-order chi connectivity index (χ1) is 8.76. The molecule has 2 bridgehead atoms. The molecule has 0 aromatic heterocycles. The van der Waals surface area contributed by atoms with Gasteiger partial charge in [-0.05, 0) is 55.8 Å². The number of piperidine rings is 1. The van der Waals surface area contributed by atoms with Crippen molar-refractivity contribution in [1.82, 2.24) is 4.90 Å². The van der Waals surface area contributed by atoms with Crippen molar-refractivity contribution in [3.8, 4) is 0 Å². The van der Waals surface area contributed by atoms with Gasteiger partial charge >= 0.3 is 0 Å². The molecule has 3 heteroatoms. The van der Waals surface area contributed by atoms with Crippen LogP contribution in [0.3, 0.4) is 0 Å². The third-order valence-electron chi connectivity index (χ3n) is 5.51. The Hall–Kier alpha value is -0.240. The van der Waals surface area contributed by atoms with Gasteiger partial charge < -0.3 is 4.90 Å². The summed E-state index contributed by atoms with van der Waals surface area (Å²) in [5, 5.41) is 0. The number of nitrogens with zero attached hydrogens (tertiary/aromatic N) is 1. The summed E-state index contributed by atoms with van der Waals surface area (Å²) in [6.07, 6.45) is 8.58. The first-order valence-electron chi connectivity index (χ1n) is 7.60. The zero-order valence-electron chi connectivity index (χ0n) is 11.1. The predicted molar refractivity (Wildman–Crippen MR) is 73.6 cm³/mol. The highest BCUT2D eigenvalue weighted by Gasteiger charge is 2.40. The zero-order chi connectivity index (χ0) is 12.5. The minimum Gasteiger partial charge on any atom is -0.343 e. The Morgan fingerprint density at radius 3 is 2.44 bits per heavy atom. The van der Waals surface area contributed by atoms with Gasteiger partial charge in [0.05, 0.1) is 0 Å². The van der Waals surface area contributed by atoms with Gasteiger partial charge in [0.15, 0.2) is 0 Å². The number of likely N-dealkylation sites (tertiary alicyclic amines) is 1. The van der Waals surface area contributed by atoms with E-state index < -0.39 is 0 Å². The summed E-state index contributed by atoms with van der Waals surface area (Å²) in [5.74, 6) is 4.35. The molecule has 2 saturated carbocycles. The van der Waals surface area contributed by atoms with Gasteiger partial charge in [0.25, 0.3) is 0 Å². The monoisotopic (exact) mass is 269 g/mol. The highest BCUT2D eigenvalue weighted by Crippen LogP contribution is 2.49. The molecule has 3 atom stereocenters. The average Bonchev–Trinajstić information content (AvgIpc) is 3.01. The molecule has 0 spiro atoms. The lowest BCUT2D eigenvalue weighted by atomic mass is 9.86. The standard InChI is InChI=1S/C15H24ClNO/c16-10-11-3-5-17(6-4-11)15(18)9-14-8-12-1-2-13(14)7-12/h11-14H,1-10H2. The third kappa shape index (κ3) is 2.54. The molecule has 0 aromatic carbocycles. The molecule has 102 valence electrons. The van der Waals surface area contributed by atoms with Crippen molar-refractivity contribution < 1.29 is 4.79 Å². The van der Waals surface area contributed by atoms with E-state index in [2.05, 4.69) is 4.90 Å². The molecule has 3 unspecified atom stereocenters. The van der Waals surface area contributed by atoms with Crippen LogP contribution >= 0.6 is 11.6 Å². The van der Waals surface area contributed by atoms with E-state index in [0.29, 0.717) is 17.7 Å². The summed E-state index contributed by atoms with van der Waals surface area (Å²) in [6, 6.07) is 0. The molecule has 1 aliphatic heterocycles. The Bertz CT molecular complexity index is 312. The van der Waals surface area contributed by atoms with Crippen molar-refractivity contribution in [2.75, 3.05) is 19.0 Å². The molecular weight excluding hydrogens is 246 g/mol. The topological polar surface area (TPSA) is 20.3 Å². The van der Waals surface area contributed by atoms with Crippen LogP contribution < -0.4 is 0 Å². The molecule has 0 N–H and O–H groups in total. The van der Waals surface area contributed by atoms with Gasteiger partial charge in [-0.15, -0.1) is 11.6 Å². The number of hydrogen-bond donors (Lipinski definition) is 0. The largest absolute Gasteiger partial charge is 0.343 e. The SMILES string of the molecule is O=C(CC1CC2CCC1C2)N1CCC(CCl)CC1. The molecule has 3 rings (SSSR count). The smallest absolute Gasteiger partial charge is 0.222 e. The van der Waals surface area contributed by atoms with Crippen LogP contribution in [0.5, 0.6) is 0 Å².